The molecule has 0 N–H and O–H groups in total. The van der Waals surface area contributed by atoms with Crippen LogP contribution in [0.4, 0.5) is 0 Å². The van der Waals surface area contributed by atoms with Crippen LogP contribution in [0.15, 0.2) is 40.2 Å². The molecule has 0 atom stereocenters. The minimum atomic E-state index is -0.114. The number of aryl methyl sites for hydroxylation is 1. The monoisotopic (exact) mass is 449 g/mol. The molecule has 144 valence electrons. The quantitative estimate of drug-likeness (QED) is 0.703. The van der Waals surface area contributed by atoms with Crippen LogP contribution in [0.1, 0.15) is 20.8 Å². The first-order valence-electron chi connectivity index (χ1n) is 8.99. The molecule has 1 aliphatic rings. The second kappa shape index (κ2) is 8.99. The van der Waals surface area contributed by atoms with Gasteiger partial charge in [-0.1, -0.05) is 29.8 Å². The summed E-state index contributed by atoms with van der Waals surface area (Å²) in [5, 5.41) is 0. The number of thiophene rings is 1. The van der Waals surface area contributed by atoms with Crippen LogP contribution in [0.25, 0.3) is 0 Å². The molecule has 3 rings (SSSR count). The van der Waals surface area contributed by atoms with Crippen molar-refractivity contribution in [2.24, 2.45) is 0 Å². The fourth-order valence-electron chi connectivity index (χ4n) is 3.22. The Hall–Kier alpha value is -1.70. The SMILES string of the molecule is Cc1cccc(CN2CCN(C(=O)CN(C)C(=O)c3ccc(Br)s3)CC2)c1. The van der Waals surface area contributed by atoms with Crippen molar-refractivity contribution in [2.45, 2.75) is 13.5 Å². The van der Waals surface area contributed by atoms with E-state index in [1.807, 2.05) is 11.0 Å². The first-order chi connectivity index (χ1) is 12.9. The van der Waals surface area contributed by atoms with Gasteiger partial charge in [0.15, 0.2) is 0 Å². The van der Waals surface area contributed by atoms with E-state index in [2.05, 4.69) is 52.0 Å². The maximum atomic E-state index is 12.6. The van der Waals surface area contributed by atoms with Crippen LogP contribution in [0.3, 0.4) is 0 Å². The number of halogens is 1. The second-order valence-electron chi connectivity index (χ2n) is 6.91. The van der Waals surface area contributed by atoms with Crippen LogP contribution in [0.5, 0.6) is 0 Å². The lowest BCUT2D eigenvalue weighted by molar-refractivity contribution is -0.133. The van der Waals surface area contributed by atoms with E-state index in [4.69, 9.17) is 0 Å². The van der Waals surface area contributed by atoms with Crippen LogP contribution in [0.2, 0.25) is 0 Å². The van der Waals surface area contributed by atoms with Gasteiger partial charge in [0.1, 0.15) is 0 Å². The summed E-state index contributed by atoms with van der Waals surface area (Å²) in [5.41, 5.74) is 2.58. The summed E-state index contributed by atoms with van der Waals surface area (Å²) < 4.78 is 0.912. The fraction of sp³-hybridized carbons (Fsp3) is 0.400. The summed E-state index contributed by atoms with van der Waals surface area (Å²) in [7, 11) is 1.68. The van der Waals surface area contributed by atoms with E-state index in [9.17, 15) is 9.59 Å². The topological polar surface area (TPSA) is 43.9 Å². The van der Waals surface area contributed by atoms with Crippen LogP contribution >= 0.6 is 27.3 Å². The van der Waals surface area contributed by atoms with Gasteiger partial charge in [-0.25, -0.2) is 0 Å². The Kier molecular flexibility index (Phi) is 6.68. The van der Waals surface area contributed by atoms with Crippen molar-refractivity contribution in [3.05, 3.63) is 56.2 Å². The van der Waals surface area contributed by atoms with Crippen molar-refractivity contribution in [3.63, 3.8) is 0 Å². The molecule has 2 aromatic rings. The van der Waals surface area contributed by atoms with Crippen molar-refractivity contribution < 1.29 is 9.59 Å². The fourth-order valence-corrected chi connectivity index (χ4v) is 4.60. The minimum absolute atomic E-state index is 0.0108. The minimum Gasteiger partial charge on any atom is -0.339 e. The molecule has 0 saturated carbocycles. The summed E-state index contributed by atoms with van der Waals surface area (Å²) in [6.07, 6.45) is 0. The van der Waals surface area contributed by atoms with E-state index in [1.165, 1.54) is 27.4 Å². The van der Waals surface area contributed by atoms with Gasteiger partial charge in [-0.3, -0.25) is 14.5 Å². The Bertz CT molecular complexity index is 815. The summed E-state index contributed by atoms with van der Waals surface area (Å²) in [6.45, 7) is 6.26. The Morgan fingerprint density at radius 1 is 1.15 bits per heavy atom. The molecule has 1 saturated heterocycles. The van der Waals surface area contributed by atoms with E-state index in [0.29, 0.717) is 18.0 Å². The van der Waals surface area contributed by atoms with Crippen molar-refractivity contribution >= 4 is 39.1 Å². The van der Waals surface area contributed by atoms with E-state index < -0.39 is 0 Å². The zero-order valence-corrected chi connectivity index (χ0v) is 18.1. The molecule has 0 bridgehead atoms. The van der Waals surface area contributed by atoms with Crippen molar-refractivity contribution in [3.8, 4) is 0 Å². The third-order valence-electron chi connectivity index (χ3n) is 4.72. The van der Waals surface area contributed by atoms with Gasteiger partial charge in [-0.2, -0.15) is 0 Å². The number of nitrogens with zero attached hydrogens (tertiary/aromatic N) is 3. The third kappa shape index (κ3) is 5.40. The Balaban J connectivity index is 1.47. The molecular weight excluding hydrogens is 426 g/mol. The summed E-state index contributed by atoms with van der Waals surface area (Å²) in [5.74, 6) is -0.103. The Labute approximate surface area is 172 Å². The van der Waals surface area contributed by atoms with Gasteiger partial charge in [0.2, 0.25) is 5.91 Å². The predicted molar refractivity (Wildman–Crippen MR) is 112 cm³/mol. The van der Waals surface area contributed by atoms with Gasteiger partial charge in [0.05, 0.1) is 15.2 Å². The second-order valence-corrected chi connectivity index (χ2v) is 9.37. The highest BCUT2D eigenvalue weighted by atomic mass is 79.9. The number of benzene rings is 1. The van der Waals surface area contributed by atoms with Gasteiger partial charge in [-0.05, 0) is 40.5 Å². The van der Waals surface area contributed by atoms with Crippen molar-refractivity contribution in [2.75, 3.05) is 39.8 Å². The number of hydrogen-bond donors (Lipinski definition) is 0. The lowest BCUT2D eigenvalue weighted by atomic mass is 10.1. The molecule has 7 heteroatoms. The number of piperazine rings is 1. The molecular formula is C20H24BrN3O2S. The molecule has 0 unspecified atom stereocenters. The zero-order valence-electron chi connectivity index (χ0n) is 15.7. The van der Waals surface area contributed by atoms with Gasteiger partial charge in [-0.15, -0.1) is 11.3 Å². The van der Waals surface area contributed by atoms with Gasteiger partial charge < -0.3 is 9.80 Å². The highest BCUT2D eigenvalue weighted by Crippen LogP contribution is 2.23. The van der Waals surface area contributed by atoms with E-state index in [0.717, 1.165) is 23.4 Å². The largest absolute Gasteiger partial charge is 0.339 e. The molecule has 2 heterocycles. The van der Waals surface area contributed by atoms with Gasteiger partial charge in [0.25, 0.3) is 5.91 Å². The average Bonchev–Trinajstić information content (AvgIpc) is 3.08. The number of carbonyl (C=O) groups excluding carboxylic acids is 2. The van der Waals surface area contributed by atoms with E-state index in [1.54, 1.807) is 13.1 Å². The van der Waals surface area contributed by atoms with Crippen LogP contribution in [-0.4, -0.2) is 66.3 Å². The number of hydrogen-bond acceptors (Lipinski definition) is 4. The maximum absolute atomic E-state index is 12.6. The van der Waals surface area contributed by atoms with Crippen molar-refractivity contribution in [1.29, 1.82) is 0 Å². The van der Waals surface area contributed by atoms with E-state index >= 15 is 0 Å². The summed E-state index contributed by atoms with van der Waals surface area (Å²) in [6, 6.07) is 12.2. The van der Waals surface area contributed by atoms with E-state index in [-0.39, 0.29) is 18.4 Å². The lowest BCUT2D eigenvalue weighted by Gasteiger charge is -2.35. The van der Waals surface area contributed by atoms with Crippen LogP contribution < -0.4 is 0 Å². The molecule has 0 spiro atoms. The highest BCUT2D eigenvalue weighted by molar-refractivity contribution is 9.11. The zero-order chi connectivity index (χ0) is 19.4. The van der Waals surface area contributed by atoms with Crippen molar-refractivity contribution in [1.82, 2.24) is 14.7 Å². The molecule has 5 nitrogen and oxygen atoms in total. The lowest BCUT2D eigenvalue weighted by Crippen LogP contribution is -2.51. The number of carbonyl (C=O) groups is 2. The maximum Gasteiger partial charge on any atom is 0.264 e. The first kappa shape index (κ1) is 20.0. The smallest absolute Gasteiger partial charge is 0.264 e. The standard InChI is InChI=1S/C20H24BrN3O2S/c1-15-4-3-5-16(12-15)13-23-8-10-24(11-9-23)19(25)14-22(2)20(26)17-6-7-18(21)27-17/h3-7,12H,8-11,13-14H2,1-2H3. The normalized spacial score (nSPS) is 15.0. The molecule has 27 heavy (non-hydrogen) atoms. The molecule has 1 fully saturated rings. The summed E-state index contributed by atoms with van der Waals surface area (Å²) >= 11 is 4.75. The Morgan fingerprint density at radius 2 is 1.89 bits per heavy atom. The number of likely N-dealkylation sites (N-methyl/N-ethyl adjacent to an activating group) is 1. The molecule has 0 aliphatic carbocycles. The number of rotatable bonds is 5. The molecule has 0 radical (unpaired) electrons. The first-order valence-corrected chi connectivity index (χ1v) is 10.6. The van der Waals surface area contributed by atoms with Gasteiger partial charge in [0, 0.05) is 39.8 Å². The molecule has 2 amide bonds. The van der Waals surface area contributed by atoms with Crippen LogP contribution in [-0.2, 0) is 11.3 Å². The highest BCUT2D eigenvalue weighted by Gasteiger charge is 2.24. The average molecular weight is 450 g/mol. The molecule has 1 aliphatic heterocycles. The van der Waals surface area contributed by atoms with Crippen LogP contribution in [0, 0.1) is 6.92 Å². The summed E-state index contributed by atoms with van der Waals surface area (Å²) in [4.78, 5) is 31.3. The number of amides is 2. The predicted octanol–water partition coefficient (Wildman–Crippen LogP) is 3.24. The third-order valence-corrected chi connectivity index (χ3v) is 6.33. The molecule has 1 aromatic heterocycles. The van der Waals surface area contributed by atoms with Gasteiger partial charge >= 0.3 is 0 Å². The Morgan fingerprint density at radius 3 is 2.52 bits per heavy atom. The molecule has 1 aromatic carbocycles.